The van der Waals surface area contributed by atoms with Gasteiger partial charge in [-0.25, -0.2) is 0 Å². The maximum Gasteiger partial charge on any atom is 0.222 e. The largest absolute Gasteiger partial charge is 0.354 e. The molecule has 0 aliphatic rings. The van der Waals surface area contributed by atoms with E-state index in [9.17, 15) is 4.79 Å². The van der Waals surface area contributed by atoms with E-state index < -0.39 is 0 Å². The average Bonchev–Trinajstić information content (AvgIpc) is 2.56. The number of carbonyl (C=O) groups is 1. The molecule has 1 amide bonds. The Balaban J connectivity index is 2.18. The average molecular weight is 182 g/mol. The third-order valence-electron chi connectivity index (χ3n) is 1.64. The molecule has 1 N–H and O–H groups in total. The summed E-state index contributed by atoms with van der Waals surface area (Å²) in [6, 6.07) is 0. The van der Waals surface area contributed by atoms with E-state index in [0.717, 1.165) is 0 Å². The van der Waals surface area contributed by atoms with E-state index in [1.807, 2.05) is 13.8 Å². The van der Waals surface area contributed by atoms with E-state index in [0.29, 0.717) is 13.1 Å². The predicted octanol–water partition coefficient (Wildman–Crippen LogP) is 0.0503. The molecular weight excluding hydrogens is 168 g/mol. The summed E-state index contributed by atoms with van der Waals surface area (Å²) >= 11 is 0. The first-order chi connectivity index (χ1) is 6.20. The highest BCUT2D eigenvalue weighted by atomic mass is 16.1. The normalized spacial score (nSPS) is 10.4. The van der Waals surface area contributed by atoms with Gasteiger partial charge < -0.3 is 5.32 Å². The number of hydrogen-bond acceptors (Lipinski definition) is 3. The van der Waals surface area contributed by atoms with Gasteiger partial charge in [0.2, 0.25) is 5.91 Å². The number of carbonyl (C=O) groups excluding carboxylic acids is 1. The molecule has 0 radical (unpaired) electrons. The Hall–Kier alpha value is -1.39. The Morgan fingerprint density at radius 1 is 1.62 bits per heavy atom. The van der Waals surface area contributed by atoms with Crippen LogP contribution in [0.15, 0.2) is 12.4 Å². The van der Waals surface area contributed by atoms with Gasteiger partial charge in [-0.2, -0.15) is 0 Å². The third-order valence-corrected chi connectivity index (χ3v) is 1.64. The smallest absolute Gasteiger partial charge is 0.222 e. The quantitative estimate of drug-likeness (QED) is 0.715. The molecule has 0 spiro atoms. The van der Waals surface area contributed by atoms with Crippen molar-refractivity contribution >= 4 is 5.91 Å². The second-order valence-corrected chi connectivity index (χ2v) is 3.11. The minimum Gasteiger partial charge on any atom is -0.354 e. The topological polar surface area (TPSA) is 59.8 Å². The first kappa shape index (κ1) is 9.70. The van der Waals surface area contributed by atoms with Gasteiger partial charge in [0.25, 0.3) is 0 Å². The second kappa shape index (κ2) is 4.59. The van der Waals surface area contributed by atoms with E-state index in [2.05, 4.69) is 15.6 Å². The highest BCUT2D eigenvalue weighted by Gasteiger charge is 2.04. The highest BCUT2D eigenvalue weighted by Crippen LogP contribution is 1.89. The van der Waals surface area contributed by atoms with Crippen molar-refractivity contribution in [2.75, 3.05) is 6.54 Å². The van der Waals surface area contributed by atoms with E-state index in [-0.39, 0.29) is 11.8 Å². The summed E-state index contributed by atoms with van der Waals surface area (Å²) in [5.74, 6) is 0.107. The number of hydrogen-bond donors (Lipinski definition) is 1. The minimum atomic E-state index is 0.0377. The first-order valence-corrected chi connectivity index (χ1v) is 4.32. The molecule has 13 heavy (non-hydrogen) atoms. The monoisotopic (exact) mass is 182 g/mol. The Morgan fingerprint density at radius 2 is 2.38 bits per heavy atom. The molecule has 72 valence electrons. The number of nitrogens with one attached hydrogen (secondary N) is 1. The summed E-state index contributed by atoms with van der Waals surface area (Å²) in [5.41, 5.74) is 0. The van der Waals surface area contributed by atoms with Gasteiger partial charge in [-0.05, 0) is 0 Å². The van der Waals surface area contributed by atoms with E-state index in [1.54, 1.807) is 17.1 Å². The van der Waals surface area contributed by atoms with Crippen molar-refractivity contribution in [3.05, 3.63) is 12.4 Å². The van der Waals surface area contributed by atoms with E-state index in [1.165, 1.54) is 0 Å². The fourth-order valence-corrected chi connectivity index (χ4v) is 0.850. The van der Waals surface area contributed by atoms with Crippen LogP contribution in [0.2, 0.25) is 0 Å². The number of amides is 1. The summed E-state index contributed by atoms with van der Waals surface area (Å²) in [6.45, 7) is 4.99. The van der Waals surface area contributed by atoms with Gasteiger partial charge in [-0.15, -0.1) is 5.10 Å². The van der Waals surface area contributed by atoms with Crippen LogP contribution in [0, 0.1) is 5.92 Å². The second-order valence-electron chi connectivity index (χ2n) is 3.11. The molecule has 5 heteroatoms. The molecule has 0 bridgehead atoms. The summed E-state index contributed by atoms with van der Waals surface area (Å²) < 4.78 is 1.68. The van der Waals surface area contributed by atoms with Crippen molar-refractivity contribution in [3.63, 3.8) is 0 Å². The van der Waals surface area contributed by atoms with Crippen molar-refractivity contribution < 1.29 is 4.79 Å². The lowest BCUT2D eigenvalue weighted by atomic mass is 10.2. The zero-order chi connectivity index (χ0) is 9.68. The molecule has 1 aromatic heterocycles. The molecule has 0 aliphatic carbocycles. The number of nitrogens with zero attached hydrogens (tertiary/aromatic N) is 3. The van der Waals surface area contributed by atoms with Crippen molar-refractivity contribution in [2.24, 2.45) is 5.92 Å². The predicted molar refractivity (Wildman–Crippen MR) is 47.9 cm³/mol. The van der Waals surface area contributed by atoms with Gasteiger partial charge in [0.05, 0.1) is 12.7 Å². The number of rotatable bonds is 4. The van der Waals surface area contributed by atoms with Crippen LogP contribution in [0.1, 0.15) is 13.8 Å². The molecule has 0 aromatic carbocycles. The fraction of sp³-hybridized carbons (Fsp3) is 0.625. The summed E-state index contributed by atoms with van der Waals surface area (Å²) in [7, 11) is 0. The van der Waals surface area contributed by atoms with Crippen LogP contribution in [0.5, 0.6) is 0 Å². The van der Waals surface area contributed by atoms with Crippen LogP contribution in [0.25, 0.3) is 0 Å². The Morgan fingerprint density at radius 3 is 2.92 bits per heavy atom. The van der Waals surface area contributed by atoms with Gasteiger partial charge in [0, 0.05) is 18.7 Å². The third kappa shape index (κ3) is 3.23. The van der Waals surface area contributed by atoms with Crippen molar-refractivity contribution in [3.8, 4) is 0 Å². The van der Waals surface area contributed by atoms with Crippen LogP contribution >= 0.6 is 0 Å². The summed E-state index contributed by atoms with van der Waals surface area (Å²) in [4.78, 5) is 11.1. The molecule has 0 saturated carbocycles. The zero-order valence-corrected chi connectivity index (χ0v) is 7.90. The van der Waals surface area contributed by atoms with Gasteiger partial charge in [0.1, 0.15) is 0 Å². The lowest BCUT2D eigenvalue weighted by molar-refractivity contribution is -0.124. The van der Waals surface area contributed by atoms with Crippen LogP contribution in [0.4, 0.5) is 0 Å². The van der Waals surface area contributed by atoms with Crippen LogP contribution in [0.3, 0.4) is 0 Å². The minimum absolute atomic E-state index is 0.0377. The van der Waals surface area contributed by atoms with E-state index >= 15 is 0 Å². The van der Waals surface area contributed by atoms with Gasteiger partial charge >= 0.3 is 0 Å². The molecule has 0 aliphatic heterocycles. The fourth-order valence-electron chi connectivity index (χ4n) is 0.850. The highest BCUT2D eigenvalue weighted by molar-refractivity contribution is 5.77. The van der Waals surface area contributed by atoms with Crippen LogP contribution in [-0.4, -0.2) is 27.4 Å². The van der Waals surface area contributed by atoms with Gasteiger partial charge in [-0.3, -0.25) is 9.48 Å². The SMILES string of the molecule is CC(C)C(=O)NCCn1ccnn1. The summed E-state index contributed by atoms with van der Waals surface area (Å²) in [5, 5.41) is 10.2. The van der Waals surface area contributed by atoms with Crippen molar-refractivity contribution in [2.45, 2.75) is 20.4 Å². The Bertz CT molecular complexity index is 255. The van der Waals surface area contributed by atoms with Crippen LogP contribution in [-0.2, 0) is 11.3 Å². The summed E-state index contributed by atoms with van der Waals surface area (Å²) in [6.07, 6.45) is 3.38. The molecular formula is C8H14N4O. The maximum atomic E-state index is 11.1. The lowest BCUT2D eigenvalue weighted by Crippen LogP contribution is -2.30. The molecule has 1 aromatic rings. The lowest BCUT2D eigenvalue weighted by Gasteiger charge is -2.06. The van der Waals surface area contributed by atoms with Crippen molar-refractivity contribution in [1.29, 1.82) is 0 Å². The zero-order valence-electron chi connectivity index (χ0n) is 7.90. The van der Waals surface area contributed by atoms with Crippen LogP contribution < -0.4 is 5.32 Å². The Kier molecular flexibility index (Phi) is 3.42. The standard InChI is InChI=1S/C8H14N4O/c1-7(2)8(13)9-3-5-12-6-4-10-11-12/h4,6-7H,3,5H2,1-2H3,(H,9,13). The molecule has 1 rings (SSSR count). The molecule has 0 unspecified atom stereocenters. The van der Waals surface area contributed by atoms with E-state index in [4.69, 9.17) is 0 Å². The molecule has 5 nitrogen and oxygen atoms in total. The maximum absolute atomic E-state index is 11.1. The molecule has 0 saturated heterocycles. The van der Waals surface area contributed by atoms with Gasteiger partial charge in [-0.1, -0.05) is 19.1 Å². The van der Waals surface area contributed by atoms with Gasteiger partial charge in [0.15, 0.2) is 0 Å². The first-order valence-electron chi connectivity index (χ1n) is 4.32. The molecule has 0 fully saturated rings. The number of aromatic nitrogens is 3. The molecule has 0 atom stereocenters. The van der Waals surface area contributed by atoms with Crippen molar-refractivity contribution in [1.82, 2.24) is 20.3 Å². The Labute approximate surface area is 77.1 Å². The molecule has 1 heterocycles.